The lowest BCUT2D eigenvalue weighted by Gasteiger charge is -2.04. The first-order chi connectivity index (χ1) is 11.2. The van der Waals surface area contributed by atoms with Crippen LogP contribution in [0.4, 0.5) is 0 Å². The molecule has 23 heavy (non-hydrogen) atoms. The van der Waals surface area contributed by atoms with E-state index in [0.29, 0.717) is 0 Å². The topological polar surface area (TPSA) is 56.5 Å². The number of fused-ring (bicyclic) bond motifs is 1. The molecule has 5 heteroatoms. The second-order valence-electron chi connectivity index (χ2n) is 5.47. The van der Waals surface area contributed by atoms with Gasteiger partial charge >= 0.3 is 0 Å². The van der Waals surface area contributed by atoms with E-state index in [2.05, 4.69) is 15.1 Å². The van der Waals surface area contributed by atoms with E-state index in [0.717, 1.165) is 39.4 Å². The summed E-state index contributed by atoms with van der Waals surface area (Å²) < 4.78 is 1.80. The van der Waals surface area contributed by atoms with Crippen LogP contribution in [0.5, 0.6) is 0 Å². The monoisotopic (exact) mass is 301 g/mol. The highest BCUT2D eigenvalue weighted by atomic mass is 15.3. The fraction of sp³-hybridized carbons (Fsp3) is 0.111. The Hall–Kier alpha value is -3.08. The minimum atomic E-state index is 0.840. The third kappa shape index (κ3) is 2.46. The van der Waals surface area contributed by atoms with Crippen LogP contribution in [0.3, 0.4) is 0 Å². The second kappa shape index (κ2) is 5.28. The van der Waals surface area contributed by atoms with Crippen molar-refractivity contribution in [3.05, 3.63) is 60.6 Å². The Bertz CT molecular complexity index is 1000. The lowest BCUT2D eigenvalue weighted by molar-refractivity contribution is 0.770. The summed E-state index contributed by atoms with van der Waals surface area (Å²) in [7, 11) is 1.91. The Kier molecular flexibility index (Phi) is 3.12. The molecule has 0 unspecified atom stereocenters. The number of pyridine rings is 3. The van der Waals surface area contributed by atoms with Crippen molar-refractivity contribution in [3.8, 4) is 22.6 Å². The van der Waals surface area contributed by atoms with Gasteiger partial charge in [-0.3, -0.25) is 14.6 Å². The van der Waals surface area contributed by atoms with Crippen molar-refractivity contribution >= 4 is 11.0 Å². The highest BCUT2D eigenvalue weighted by Crippen LogP contribution is 2.29. The summed E-state index contributed by atoms with van der Waals surface area (Å²) in [6.45, 7) is 1.98. The average Bonchev–Trinajstić information content (AvgIpc) is 2.96. The van der Waals surface area contributed by atoms with Gasteiger partial charge in [0.05, 0.1) is 22.4 Å². The van der Waals surface area contributed by atoms with E-state index in [-0.39, 0.29) is 0 Å². The highest BCUT2D eigenvalue weighted by molar-refractivity contribution is 5.82. The molecule has 0 saturated heterocycles. The van der Waals surface area contributed by atoms with Gasteiger partial charge in [0.25, 0.3) is 0 Å². The van der Waals surface area contributed by atoms with Crippen molar-refractivity contribution in [2.45, 2.75) is 6.92 Å². The molecule has 0 fully saturated rings. The minimum Gasteiger partial charge on any atom is -0.274 e. The van der Waals surface area contributed by atoms with Crippen molar-refractivity contribution < 1.29 is 0 Å². The molecule has 0 radical (unpaired) electrons. The van der Waals surface area contributed by atoms with Gasteiger partial charge in [-0.2, -0.15) is 5.10 Å². The van der Waals surface area contributed by atoms with E-state index in [4.69, 9.17) is 4.98 Å². The molecule has 0 atom stereocenters. The van der Waals surface area contributed by atoms with Gasteiger partial charge in [-0.05, 0) is 43.3 Å². The predicted molar refractivity (Wildman–Crippen MR) is 89.7 cm³/mol. The number of rotatable bonds is 2. The van der Waals surface area contributed by atoms with Crippen molar-refractivity contribution in [1.29, 1.82) is 0 Å². The van der Waals surface area contributed by atoms with Gasteiger partial charge in [0, 0.05) is 30.7 Å². The first-order valence-electron chi connectivity index (χ1n) is 7.40. The Morgan fingerprint density at radius 3 is 2.65 bits per heavy atom. The number of nitrogens with zero attached hydrogens (tertiary/aromatic N) is 5. The van der Waals surface area contributed by atoms with Gasteiger partial charge in [-0.1, -0.05) is 6.07 Å². The molecule has 4 aromatic rings. The maximum Gasteiger partial charge on any atom is 0.120 e. The zero-order valence-electron chi connectivity index (χ0n) is 12.9. The van der Waals surface area contributed by atoms with Gasteiger partial charge in [-0.15, -0.1) is 0 Å². The molecular weight excluding hydrogens is 286 g/mol. The molecule has 0 N–H and O–H groups in total. The van der Waals surface area contributed by atoms with Crippen LogP contribution < -0.4 is 0 Å². The molecule has 0 amide bonds. The van der Waals surface area contributed by atoms with Crippen LogP contribution in [0.15, 0.2) is 54.9 Å². The van der Waals surface area contributed by atoms with Crippen LogP contribution in [0.25, 0.3) is 33.7 Å². The smallest absolute Gasteiger partial charge is 0.120 e. The van der Waals surface area contributed by atoms with Gasteiger partial charge in [-0.25, -0.2) is 4.98 Å². The van der Waals surface area contributed by atoms with Gasteiger partial charge in [0.2, 0.25) is 0 Å². The van der Waals surface area contributed by atoms with Gasteiger partial charge in [0.15, 0.2) is 0 Å². The van der Waals surface area contributed by atoms with Gasteiger partial charge in [0.1, 0.15) is 5.69 Å². The summed E-state index contributed by atoms with van der Waals surface area (Å²) >= 11 is 0. The summed E-state index contributed by atoms with van der Waals surface area (Å²) in [5, 5.41) is 4.58. The van der Waals surface area contributed by atoms with Crippen molar-refractivity contribution in [2.24, 2.45) is 7.05 Å². The zero-order chi connectivity index (χ0) is 15.8. The molecule has 5 nitrogen and oxygen atoms in total. The first-order valence-corrected chi connectivity index (χ1v) is 7.40. The second-order valence-corrected chi connectivity index (χ2v) is 5.47. The van der Waals surface area contributed by atoms with E-state index in [1.807, 2.05) is 62.6 Å². The van der Waals surface area contributed by atoms with Crippen LogP contribution in [0.1, 0.15) is 5.69 Å². The lowest BCUT2D eigenvalue weighted by atomic mass is 10.1. The molecule has 0 spiro atoms. The standard InChI is InChI=1S/C18H15N5/c1-12-5-3-6-17(20-12)18-13(11-23(2)22-18)14-8-9-15-16(21-14)7-4-10-19-15/h3-11H,1-2H3. The normalized spacial score (nSPS) is 11.0. The number of hydrogen-bond donors (Lipinski definition) is 0. The SMILES string of the molecule is Cc1cccc(-c2nn(C)cc2-c2ccc3ncccc3n2)n1. The molecular formula is C18H15N5. The maximum absolute atomic E-state index is 4.72. The molecule has 4 heterocycles. The fourth-order valence-corrected chi connectivity index (χ4v) is 2.65. The van der Waals surface area contributed by atoms with E-state index < -0.39 is 0 Å². The maximum atomic E-state index is 4.72. The number of aryl methyl sites for hydroxylation is 2. The summed E-state index contributed by atoms with van der Waals surface area (Å²) in [5.41, 5.74) is 6.26. The molecule has 112 valence electrons. The molecule has 4 rings (SSSR count). The van der Waals surface area contributed by atoms with E-state index >= 15 is 0 Å². The third-order valence-corrected chi connectivity index (χ3v) is 3.69. The van der Waals surface area contributed by atoms with Crippen LogP contribution >= 0.6 is 0 Å². The Morgan fingerprint density at radius 2 is 1.78 bits per heavy atom. The van der Waals surface area contributed by atoms with Crippen LogP contribution in [0, 0.1) is 6.92 Å². The number of hydrogen-bond acceptors (Lipinski definition) is 4. The summed E-state index contributed by atoms with van der Waals surface area (Å²) in [6, 6.07) is 13.8. The van der Waals surface area contributed by atoms with E-state index in [1.165, 1.54) is 0 Å². The van der Waals surface area contributed by atoms with Crippen molar-refractivity contribution in [3.63, 3.8) is 0 Å². The predicted octanol–water partition coefficient (Wildman–Crippen LogP) is 3.40. The Labute approximate surface area is 133 Å². The van der Waals surface area contributed by atoms with E-state index in [1.54, 1.807) is 10.9 Å². The summed E-state index contributed by atoms with van der Waals surface area (Å²) in [5.74, 6) is 0. The van der Waals surface area contributed by atoms with Crippen LogP contribution in [-0.2, 0) is 7.05 Å². The molecule has 0 aliphatic rings. The zero-order valence-corrected chi connectivity index (χ0v) is 12.9. The molecule has 0 bridgehead atoms. The average molecular weight is 301 g/mol. The minimum absolute atomic E-state index is 0.840. The first kappa shape index (κ1) is 13.6. The highest BCUT2D eigenvalue weighted by Gasteiger charge is 2.15. The molecule has 0 saturated carbocycles. The number of aromatic nitrogens is 5. The Morgan fingerprint density at radius 1 is 0.870 bits per heavy atom. The van der Waals surface area contributed by atoms with Crippen LogP contribution in [0.2, 0.25) is 0 Å². The fourth-order valence-electron chi connectivity index (χ4n) is 2.65. The van der Waals surface area contributed by atoms with E-state index in [9.17, 15) is 0 Å². The molecule has 0 aliphatic carbocycles. The molecule has 4 aromatic heterocycles. The molecule has 0 aliphatic heterocycles. The Balaban J connectivity index is 1.91. The van der Waals surface area contributed by atoms with Crippen molar-refractivity contribution in [2.75, 3.05) is 0 Å². The van der Waals surface area contributed by atoms with Crippen molar-refractivity contribution in [1.82, 2.24) is 24.7 Å². The molecule has 0 aromatic carbocycles. The lowest BCUT2D eigenvalue weighted by Crippen LogP contribution is -1.92. The summed E-state index contributed by atoms with van der Waals surface area (Å²) in [4.78, 5) is 13.6. The summed E-state index contributed by atoms with van der Waals surface area (Å²) in [6.07, 6.45) is 3.75. The quantitative estimate of drug-likeness (QED) is 0.569. The third-order valence-electron chi connectivity index (χ3n) is 3.69. The van der Waals surface area contributed by atoms with Gasteiger partial charge < -0.3 is 0 Å². The largest absolute Gasteiger partial charge is 0.274 e. The van der Waals surface area contributed by atoms with Crippen LogP contribution in [-0.4, -0.2) is 24.7 Å².